The second-order valence-corrected chi connectivity index (χ2v) is 7.27. The van der Waals surface area contributed by atoms with E-state index in [1.54, 1.807) is 6.07 Å². The van der Waals surface area contributed by atoms with Gasteiger partial charge in [0.05, 0.1) is 5.56 Å². The molecule has 2 bridgehead atoms. The van der Waals surface area contributed by atoms with Gasteiger partial charge < -0.3 is 5.32 Å². The number of carbonyl (C=O) groups is 1. The summed E-state index contributed by atoms with van der Waals surface area (Å²) in [5, 5.41) is 3.17. The summed E-state index contributed by atoms with van der Waals surface area (Å²) < 4.78 is 13.7. The first kappa shape index (κ1) is 12.1. The van der Waals surface area contributed by atoms with Crippen LogP contribution in [-0.4, -0.2) is 11.9 Å². The monoisotopic (exact) mass is 371 g/mol. The van der Waals surface area contributed by atoms with E-state index in [1.807, 2.05) is 22.6 Å². The van der Waals surface area contributed by atoms with E-state index in [4.69, 9.17) is 0 Å². The number of rotatable bonds is 2. The lowest BCUT2D eigenvalue weighted by molar-refractivity contribution is 0.0943. The highest BCUT2D eigenvalue weighted by Gasteiger charge is 2.65. The van der Waals surface area contributed by atoms with Crippen LogP contribution in [0.25, 0.3) is 0 Å². The maximum atomic E-state index is 13.0. The highest BCUT2D eigenvalue weighted by molar-refractivity contribution is 14.1. The van der Waals surface area contributed by atoms with Gasteiger partial charge in [-0.05, 0) is 83.7 Å². The standard InChI is InChI=1S/C15H15FINO/c16-9-3-4-10(11(17)6-9)15(19)18-14-12-7-1-2-8(5-7)13(12)14/h3-4,6-8,12-14H,1-2,5H2,(H,18,19). The minimum Gasteiger partial charge on any atom is -0.349 e. The molecule has 3 fully saturated rings. The van der Waals surface area contributed by atoms with E-state index in [2.05, 4.69) is 5.32 Å². The predicted octanol–water partition coefficient (Wildman–Crippen LogP) is 3.20. The van der Waals surface area contributed by atoms with Crippen LogP contribution in [0.2, 0.25) is 0 Å². The number of carbonyl (C=O) groups excluding carboxylic acids is 1. The first-order valence-electron chi connectivity index (χ1n) is 6.91. The van der Waals surface area contributed by atoms with Gasteiger partial charge in [0, 0.05) is 9.61 Å². The SMILES string of the molecule is O=C(NC1C2C3CCC(C3)C12)c1ccc(F)cc1I. The lowest BCUT2D eigenvalue weighted by atomic mass is 10.0. The number of halogens is 2. The molecule has 1 N–H and O–H groups in total. The number of fused-ring (bicyclic) bond motifs is 5. The number of hydrogen-bond donors (Lipinski definition) is 1. The van der Waals surface area contributed by atoms with Crippen molar-refractivity contribution in [3.8, 4) is 0 Å². The first-order valence-corrected chi connectivity index (χ1v) is 7.99. The van der Waals surface area contributed by atoms with Crippen LogP contribution in [0.3, 0.4) is 0 Å². The van der Waals surface area contributed by atoms with Crippen molar-refractivity contribution >= 4 is 28.5 Å². The van der Waals surface area contributed by atoms with Crippen LogP contribution < -0.4 is 5.32 Å². The van der Waals surface area contributed by atoms with Crippen LogP contribution in [-0.2, 0) is 0 Å². The van der Waals surface area contributed by atoms with Gasteiger partial charge in [-0.25, -0.2) is 4.39 Å². The van der Waals surface area contributed by atoms with Gasteiger partial charge in [0.2, 0.25) is 0 Å². The Kier molecular flexibility index (Phi) is 2.66. The quantitative estimate of drug-likeness (QED) is 0.795. The van der Waals surface area contributed by atoms with Crippen molar-refractivity contribution in [1.29, 1.82) is 0 Å². The Balaban J connectivity index is 1.48. The van der Waals surface area contributed by atoms with Crippen molar-refractivity contribution in [2.75, 3.05) is 0 Å². The molecule has 0 radical (unpaired) electrons. The van der Waals surface area contributed by atoms with Gasteiger partial charge in [0.25, 0.3) is 5.91 Å². The summed E-state index contributed by atoms with van der Waals surface area (Å²) in [5.74, 6) is 2.85. The van der Waals surface area contributed by atoms with Gasteiger partial charge in [0.1, 0.15) is 5.82 Å². The molecule has 100 valence electrons. The number of nitrogens with one attached hydrogen (secondary N) is 1. The minimum absolute atomic E-state index is 0.0387. The summed E-state index contributed by atoms with van der Waals surface area (Å²) >= 11 is 2.02. The van der Waals surface area contributed by atoms with Crippen molar-refractivity contribution in [1.82, 2.24) is 5.32 Å². The summed E-state index contributed by atoms with van der Waals surface area (Å²) in [6.07, 6.45) is 4.09. The molecule has 0 saturated heterocycles. The average Bonchev–Trinajstić information content (AvgIpc) is 2.78. The fourth-order valence-electron chi connectivity index (χ4n) is 4.42. The Morgan fingerprint density at radius 3 is 2.58 bits per heavy atom. The fourth-order valence-corrected chi connectivity index (χ4v) is 5.14. The van der Waals surface area contributed by atoms with E-state index < -0.39 is 0 Å². The third-order valence-electron chi connectivity index (χ3n) is 5.21. The molecule has 0 spiro atoms. The Labute approximate surface area is 125 Å². The van der Waals surface area contributed by atoms with E-state index >= 15 is 0 Å². The molecule has 4 rings (SSSR count). The van der Waals surface area contributed by atoms with E-state index in [0.29, 0.717) is 15.2 Å². The molecule has 1 aromatic carbocycles. The zero-order chi connectivity index (χ0) is 13.1. The van der Waals surface area contributed by atoms with Gasteiger partial charge in [-0.15, -0.1) is 0 Å². The lowest BCUT2D eigenvalue weighted by Gasteiger charge is -2.11. The number of benzene rings is 1. The number of hydrogen-bond acceptors (Lipinski definition) is 1. The maximum Gasteiger partial charge on any atom is 0.252 e. The van der Waals surface area contributed by atoms with E-state index in [-0.39, 0.29) is 11.7 Å². The van der Waals surface area contributed by atoms with Gasteiger partial charge in [-0.3, -0.25) is 4.79 Å². The maximum absolute atomic E-state index is 13.0. The van der Waals surface area contributed by atoms with Crippen molar-refractivity contribution < 1.29 is 9.18 Å². The molecule has 4 atom stereocenters. The summed E-state index contributed by atoms with van der Waals surface area (Å²) in [7, 11) is 0. The smallest absolute Gasteiger partial charge is 0.252 e. The molecule has 0 heterocycles. The van der Waals surface area contributed by atoms with Gasteiger partial charge in [-0.1, -0.05) is 0 Å². The summed E-state index contributed by atoms with van der Waals surface area (Å²) in [5.41, 5.74) is 0.597. The number of amides is 1. The van der Waals surface area contributed by atoms with Crippen molar-refractivity contribution in [2.24, 2.45) is 23.7 Å². The third-order valence-corrected chi connectivity index (χ3v) is 6.10. The molecular weight excluding hydrogens is 356 g/mol. The molecule has 3 aliphatic carbocycles. The Morgan fingerprint density at radius 1 is 1.26 bits per heavy atom. The second kappa shape index (κ2) is 4.17. The first-order chi connectivity index (χ1) is 9.15. The van der Waals surface area contributed by atoms with E-state index in [1.165, 1.54) is 31.4 Å². The van der Waals surface area contributed by atoms with Crippen LogP contribution in [0.15, 0.2) is 18.2 Å². The summed E-state index contributed by atoms with van der Waals surface area (Å²) in [6.45, 7) is 0. The molecule has 4 unspecified atom stereocenters. The zero-order valence-corrected chi connectivity index (χ0v) is 12.6. The van der Waals surface area contributed by atoms with Gasteiger partial charge >= 0.3 is 0 Å². The zero-order valence-electron chi connectivity index (χ0n) is 10.4. The molecule has 4 heteroatoms. The fraction of sp³-hybridized carbons (Fsp3) is 0.533. The highest BCUT2D eigenvalue weighted by Crippen LogP contribution is 2.65. The largest absolute Gasteiger partial charge is 0.349 e. The molecule has 19 heavy (non-hydrogen) atoms. The molecule has 2 nitrogen and oxygen atoms in total. The summed E-state index contributed by atoms with van der Waals surface area (Å²) in [6, 6.07) is 4.74. The second-order valence-electron chi connectivity index (χ2n) is 6.11. The lowest BCUT2D eigenvalue weighted by Crippen LogP contribution is -2.30. The molecular formula is C15H15FINO. The molecule has 3 aliphatic rings. The van der Waals surface area contributed by atoms with E-state index in [0.717, 1.165) is 23.7 Å². The summed E-state index contributed by atoms with van der Waals surface area (Å²) in [4.78, 5) is 12.3. The van der Waals surface area contributed by atoms with Crippen LogP contribution in [0.1, 0.15) is 29.6 Å². The van der Waals surface area contributed by atoms with Crippen molar-refractivity contribution in [3.05, 3.63) is 33.1 Å². The van der Waals surface area contributed by atoms with Crippen LogP contribution in [0.4, 0.5) is 4.39 Å². The predicted molar refractivity (Wildman–Crippen MR) is 78.2 cm³/mol. The molecule has 1 aromatic rings. The molecule has 0 aliphatic heterocycles. The van der Waals surface area contributed by atoms with E-state index in [9.17, 15) is 9.18 Å². The van der Waals surface area contributed by atoms with Crippen LogP contribution in [0.5, 0.6) is 0 Å². The van der Waals surface area contributed by atoms with Gasteiger partial charge in [-0.2, -0.15) is 0 Å². The third kappa shape index (κ3) is 1.82. The average molecular weight is 371 g/mol. The Bertz CT molecular complexity index is 545. The normalized spacial score (nSPS) is 38.1. The topological polar surface area (TPSA) is 29.1 Å². The highest BCUT2D eigenvalue weighted by atomic mass is 127. The van der Waals surface area contributed by atoms with Crippen LogP contribution in [0, 0.1) is 33.1 Å². The molecule has 1 amide bonds. The van der Waals surface area contributed by atoms with Crippen molar-refractivity contribution in [3.63, 3.8) is 0 Å². The minimum atomic E-state index is -0.290. The van der Waals surface area contributed by atoms with Crippen molar-refractivity contribution in [2.45, 2.75) is 25.3 Å². The van der Waals surface area contributed by atoms with Gasteiger partial charge in [0.15, 0.2) is 0 Å². The molecule has 3 saturated carbocycles. The van der Waals surface area contributed by atoms with Crippen LogP contribution >= 0.6 is 22.6 Å². The Morgan fingerprint density at radius 2 is 1.95 bits per heavy atom. The molecule has 0 aromatic heterocycles. The Hall–Kier alpha value is -0.650.